The molecule has 0 aliphatic rings. The summed E-state index contributed by atoms with van der Waals surface area (Å²) in [7, 11) is 1.87. The maximum absolute atomic E-state index is 13.6. The zero-order chi connectivity index (χ0) is 17.2. The van der Waals surface area contributed by atoms with E-state index in [1.807, 2.05) is 54.4 Å². The van der Waals surface area contributed by atoms with Crippen molar-refractivity contribution in [3.8, 4) is 11.4 Å². The zero-order valence-electron chi connectivity index (χ0n) is 13.6. The summed E-state index contributed by atoms with van der Waals surface area (Å²) in [6.45, 7) is 0. The zero-order valence-corrected chi connectivity index (χ0v) is 13.6. The van der Waals surface area contributed by atoms with Crippen LogP contribution in [0.2, 0.25) is 0 Å². The van der Waals surface area contributed by atoms with Crippen LogP contribution in [0.3, 0.4) is 0 Å². The number of hydrogen-bond donors (Lipinski definition) is 0. The summed E-state index contributed by atoms with van der Waals surface area (Å²) >= 11 is 0. The maximum Gasteiger partial charge on any atom is 0.162 e. The number of pyridine rings is 1. The number of fused-ring (bicyclic) bond motifs is 1. The molecular formula is C20H15FN4. The number of nitrogens with zero attached hydrogens (tertiary/aromatic N) is 4. The van der Waals surface area contributed by atoms with Crippen molar-refractivity contribution in [3.63, 3.8) is 0 Å². The highest BCUT2D eigenvalue weighted by Gasteiger charge is 2.14. The number of anilines is 2. The molecule has 0 atom stereocenters. The van der Waals surface area contributed by atoms with Crippen LogP contribution in [0.15, 0.2) is 73.1 Å². The Morgan fingerprint density at radius 1 is 0.880 bits per heavy atom. The van der Waals surface area contributed by atoms with E-state index in [9.17, 15) is 4.39 Å². The fraction of sp³-hybridized carbons (Fsp3) is 0.0500. The summed E-state index contributed by atoms with van der Waals surface area (Å²) in [5, 5.41) is 0.909. The van der Waals surface area contributed by atoms with E-state index in [0.717, 1.165) is 28.0 Å². The number of rotatable bonds is 3. The Morgan fingerprint density at radius 2 is 1.68 bits per heavy atom. The average molecular weight is 330 g/mol. The molecule has 5 heteroatoms. The molecule has 0 fully saturated rings. The summed E-state index contributed by atoms with van der Waals surface area (Å²) in [6.07, 6.45) is 3.42. The molecule has 4 aromatic rings. The fourth-order valence-electron chi connectivity index (χ4n) is 2.75. The van der Waals surface area contributed by atoms with Gasteiger partial charge in [0.05, 0.1) is 5.52 Å². The Labute approximate surface area is 144 Å². The molecule has 2 aromatic heterocycles. The van der Waals surface area contributed by atoms with Crippen molar-refractivity contribution in [1.82, 2.24) is 15.0 Å². The third-order valence-corrected chi connectivity index (χ3v) is 4.03. The molecule has 2 heterocycles. The lowest BCUT2D eigenvalue weighted by molar-refractivity contribution is 0.628. The van der Waals surface area contributed by atoms with E-state index in [-0.39, 0.29) is 5.82 Å². The standard InChI is InChI=1S/C20H15FN4/c1-25(16-6-4-5-15(21)13-16)20-17-7-2-3-8-18(17)23-19(24-20)14-9-11-22-12-10-14/h2-13H,1H3. The topological polar surface area (TPSA) is 41.9 Å². The molecule has 0 spiro atoms. The summed E-state index contributed by atoms with van der Waals surface area (Å²) in [5.41, 5.74) is 2.45. The van der Waals surface area contributed by atoms with Gasteiger partial charge in [0.15, 0.2) is 5.82 Å². The van der Waals surface area contributed by atoms with Gasteiger partial charge in [-0.15, -0.1) is 0 Å². The first-order valence-electron chi connectivity index (χ1n) is 7.89. The molecule has 0 saturated heterocycles. The highest BCUT2D eigenvalue weighted by molar-refractivity contribution is 5.92. The maximum atomic E-state index is 13.6. The van der Waals surface area contributed by atoms with Gasteiger partial charge in [-0.25, -0.2) is 14.4 Å². The summed E-state index contributed by atoms with van der Waals surface area (Å²) < 4.78 is 13.6. The van der Waals surface area contributed by atoms with E-state index < -0.39 is 0 Å². The molecule has 122 valence electrons. The van der Waals surface area contributed by atoms with E-state index >= 15 is 0 Å². The Hall–Kier alpha value is -3.34. The molecule has 0 bridgehead atoms. The third kappa shape index (κ3) is 2.92. The van der Waals surface area contributed by atoms with Gasteiger partial charge in [0.1, 0.15) is 11.6 Å². The minimum absolute atomic E-state index is 0.280. The first-order chi connectivity index (χ1) is 12.2. The van der Waals surface area contributed by atoms with Crippen molar-refractivity contribution in [2.24, 2.45) is 0 Å². The van der Waals surface area contributed by atoms with Crippen LogP contribution in [0.1, 0.15) is 0 Å². The van der Waals surface area contributed by atoms with Crippen LogP contribution < -0.4 is 4.90 Å². The van der Waals surface area contributed by atoms with Crippen molar-refractivity contribution >= 4 is 22.4 Å². The molecule has 0 amide bonds. The number of aromatic nitrogens is 3. The minimum atomic E-state index is -0.280. The van der Waals surface area contributed by atoms with Gasteiger partial charge in [0, 0.05) is 36.1 Å². The molecule has 25 heavy (non-hydrogen) atoms. The Morgan fingerprint density at radius 3 is 2.48 bits per heavy atom. The summed E-state index contributed by atoms with van der Waals surface area (Å²) in [6, 6.07) is 18.0. The van der Waals surface area contributed by atoms with Gasteiger partial charge in [-0.3, -0.25) is 4.98 Å². The number of benzene rings is 2. The summed E-state index contributed by atoms with van der Waals surface area (Å²) in [5.74, 6) is 1.06. The van der Waals surface area contributed by atoms with Crippen LogP contribution in [0.5, 0.6) is 0 Å². The van der Waals surface area contributed by atoms with E-state index in [4.69, 9.17) is 4.98 Å². The summed E-state index contributed by atoms with van der Waals surface area (Å²) in [4.78, 5) is 15.3. The predicted octanol–water partition coefficient (Wildman–Crippen LogP) is 4.60. The Bertz CT molecular complexity index is 1030. The van der Waals surface area contributed by atoms with E-state index in [1.54, 1.807) is 18.5 Å². The van der Waals surface area contributed by atoms with Crippen molar-refractivity contribution in [2.75, 3.05) is 11.9 Å². The molecule has 0 unspecified atom stereocenters. The highest BCUT2D eigenvalue weighted by atomic mass is 19.1. The molecule has 0 radical (unpaired) electrons. The number of para-hydroxylation sites is 1. The van der Waals surface area contributed by atoms with Gasteiger partial charge in [-0.1, -0.05) is 18.2 Å². The van der Waals surface area contributed by atoms with E-state index in [1.165, 1.54) is 12.1 Å². The first-order valence-corrected chi connectivity index (χ1v) is 7.89. The molecule has 0 aliphatic heterocycles. The van der Waals surface area contributed by atoms with Crippen LogP contribution in [0.4, 0.5) is 15.9 Å². The second-order valence-electron chi connectivity index (χ2n) is 5.66. The van der Waals surface area contributed by atoms with Crippen molar-refractivity contribution in [2.45, 2.75) is 0 Å². The van der Waals surface area contributed by atoms with Gasteiger partial charge in [0.2, 0.25) is 0 Å². The second-order valence-corrected chi connectivity index (χ2v) is 5.66. The average Bonchev–Trinajstić information content (AvgIpc) is 2.67. The van der Waals surface area contributed by atoms with Crippen molar-refractivity contribution in [3.05, 3.63) is 78.9 Å². The monoisotopic (exact) mass is 330 g/mol. The Balaban J connectivity index is 1.92. The fourth-order valence-corrected chi connectivity index (χ4v) is 2.75. The van der Waals surface area contributed by atoms with Gasteiger partial charge >= 0.3 is 0 Å². The normalized spacial score (nSPS) is 10.8. The van der Waals surface area contributed by atoms with Crippen LogP contribution in [-0.4, -0.2) is 22.0 Å². The highest BCUT2D eigenvalue weighted by Crippen LogP contribution is 2.31. The first kappa shape index (κ1) is 15.2. The molecular weight excluding hydrogens is 315 g/mol. The minimum Gasteiger partial charge on any atom is -0.329 e. The molecule has 2 aromatic carbocycles. The van der Waals surface area contributed by atoms with E-state index in [2.05, 4.69) is 9.97 Å². The second kappa shape index (κ2) is 6.28. The van der Waals surface area contributed by atoms with E-state index in [0.29, 0.717) is 5.82 Å². The largest absolute Gasteiger partial charge is 0.329 e. The molecule has 4 nitrogen and oxygen atoms in total. The Kier molecular flexibility index (Phi) is 3.82. The van der Waals surface area contributed by atoms with Gasteiger partial charge in [0.25, 0.3) is 0 Å². The number of hydrogen-bond acceptors (Lipinski definition) is 4. The van der Waals surface area contributed by atoms with Gasteiger partial charge < -0.3 is 4.90 Å². The van der Waals surface area contributed by atoms with Crippen molar-refractivity contribution in [1.29, 1.82) is 0 Å². The molecule has 0 saturated carbocycles. The number of halogens is 1. The van der Waals surface area contributed by atoms with Crippen LogP contribution in [0, 0.1) is 5.82 Å². The lowest BCUT2D eigenvalue weighted by Crippen LogP contribution is -2.13. The third-order valence-electron chi connectivity index (χ3n) is 4.03. The van der Waals surface area contributed by atoms with Crippen LogP contribution in [0.25, 0.3) is 22.3 Å². The smallest absolute Gasteiger partial charge is 0.162 e. The SMILES string of the molecule is CN(c1cccc(F)c1)c1nc(-c2ccncc2)nc2ccccc12. The lowest BCUT2D eigenvalue weighted by atomic mass is 10.2. The van der Waals surface area contributed by atoms with Gasteiger partial charge in [-0.05, 0) is 42.5 Å². The van der Waals surface area contributed by atoms with Crippen LogP contribution >= 0.6 is 0 Å². The quantitative estimate of drug-likeness (QED) is 0.550. The molecule has 0 N–H and O–H groups in total. The lowest BCUT2D eigenvalue weighted by Gasteiger charge is -2.21. The van der Waals surface area contributed by atoms with Crippen molar-refractivity contribution < 1.29 is 4.39 Å². The molecule has 0 aliphatic carbocycles. The molecule has 4 rings (SSSR count). The predicted molar refractivity (Wildman–Crippen MR) is 97.2 cm³/mol. The van der Waals surface area contributed by atoms with Crippen LogP contribution in [-0.2, 0) is 0 Å². The van der Waals surface area contributed by atoms with Gasteiger partial charge in [-0.2, -0.15) is 0 Å².